The normalized spacial score (nSPS) is 28.1. The Balaban J connectivity index is 1.38. The van der Waals surface area contributed by atoms with Crippen LogP contribution in [0, 0.1) is 23.7 Å². The fraction of sp³-hybridized carbons (Fsp3) is 0.771. The molecule has 2 aliphatic rings. The van der Waals surface area contributed by atoms with Crippen LogP contribution in [0.5, 0.6) is 0 Å². The first-order valence-electron chi connectivity index (χ1n) is 16.7. The maximum Gasteiger partial charge on any atom is 0.184 e. The Labute approximate surface area is 255 Å². The molecule has 2 saturated heterocycles. The second-order valence-electron chi connectivity index (χ2n) is 12.7. The molecule has 2 aliphatic heterocycles. The van der Waals surface area contributed by atoms with Crippen LogP contribution in [0.25, 0.3) is 10.4 Å². The van der Waals surface area contributed by atoms with Gasteiger partial charge in [0.2, 0.25) is 0 Å². The summed E-state index contributed by atoms with van der Waals surface area (Å²) in [4.78, 5) is 3.15. The van der Waals surface area contributed by atoms with E-state index in [-0.39, 0.29) is 42.3 Å². The smallest absolute Gasteiger partial charge is 0.184 e. The lowest BCUT2D eigenvalue weighted by Crippen LogP contribution is -2.56. The highest BCUT2D eigenvalue weighted by molar-refractivity contribution is 5.16. The number of hydrogen-bond acceptors (Lipinski definition) is 5. The second kappa shape index (κ2) is 19.4. The molecule has 5 unspecified atom stereocenters. The van der Waals surface area contributed by atoms with Crippen LogP contribution in [0.2, 0.25) is 0 Å². The van der Waals surface area contributed by atoms with Crippen molar-refractivity contribution in [2.24, 2.45) is 28.8 Å². The highest BCUT2D eigenvalue weighted by atomic mass is 16.7. The standard InChI is InChI=1S/C35H57N3O4/c1-6-7-8-9-10-11-12-13-14-15-16-18-21-26(2)27(3)31(37-38-36)24-39-34-29(5)28(4)33-32(41-34)25-40-35(42-33)30-22-19-17-20-23-30/h16-20,22-23,26-29,31-35H,6-15,21,24-25H2,1-5H3/b18-16+/t26-,27-,28?,29?,31-,32+,33?,34?,35?/m1/s1. The number of nitrogens with zero attached hydrogens (tertiary/aromatic N) is 3. The number of rotatable bonds is 19. The van der Waals surface area contributed by atoms with Gasteiger partial charge in [0.05, 0.1) is 25.4 Å². The monoisotopic (exact) mass is 583 g/mol. The Hall–Kier alpha value is -1.89. The molecular formula is C35H57N3O4. The summed E-state index contributed by atoms with van der Waals surface area (Å²) in [7, 11) is 0. The summed E-state index contributed by atoms with van der Waals surface area (Å²) >= 11 is 0. The Morgan fingerprint density at radius 3 is 2.33 bits per heavy atom. The van der Waals surface area contributed by atoms with Crippen molar-refractivity contribution in [3.8, 4) is 0 Å². The topological polar surface area (TPSA) is 85.7 Å². The molecule has 1 aromatic carbocycles. The molecule has 0 bridgehead atoms. The van der Waals surface area contributed by atoms with Crippen LogP contribution in [0.15, 0.2) is 47.6 Å². The number of hydrogen-bond donors (Lipinski definition) is 0. The van der Waals surface area contributed by atoms with Gasteiger partial charge in [-0.1, -0.05) is 134 Å². The molecule has 0 aromatic heterocycles. The SMILES string of the molecule is CCCCCCCCCCC/C=C/C[C@@H](C)[C@@H](C)[C@@H](COC1O[C@H]2COC(c3ccccc3)OC2C(C)C1C)N=[N+]=[N-]. The number of unbranched alkanes of at least 4 members (excludes halogenated alkanes) is 9. The summed E-state index contributed by atoms with van der Waals surface area (Å²) in [5.74, 6) is 0.931. The van der Waals surface area contributed by atoms with Crippen LogP contribution >= 0.6 is 0 Å². The van der Waals surface area contributed by atoms with Gasteiger partial charge in [-0.05, 0) is 42.5 Å². The Morgan fingerprint density at radius 1 is 0.952 bits per heavy atom. The second-order valence-corrected chi connectivity index (χ2v) is 12.7. The van der Waals surface area contributed by atoms with E-state index in [1.807, 2.05) is 30.3 Å². The molecule has 3 rings (SSSR count). The van der Waals surface area contributed by atoms with E-state index in [1.165, 1.54) is 57.8 Å². The fourth-order valence-electron chi connectivity index (χ4n) is 6.09. The van der Waals surface area contributed by atoms with Crippen molar-refractivity contribution in [2.45, 2.75) is 136 Å². The molecule has 0 spiro atoms. The van der Waals surface area contributed by atoms with E-state index in [2.05, 4.69) is 56.8 Å². The van der Waals surface area contributed by atoms with Crippen molar-refractivity contribution in [1.82, 2.24) is 0 Å². The first kappa shape index (κ1) is 34.6. The van der Waals surface area contributed by atoms with Gasteiger partial charge in [0.25, 0.3) is 0 Å². The van der Waals surface area contributed by atoms with Crippen LogP contribution in [0.3, 0.4) is 0 Å². The van der Waals surface area contributed by atoms with Crippen molar-refractivity contribution < 1.29 is 18.9 Å². The molecule has 7 heteroatoms. The third-order valence-electron chi connectivity index (χ3n) is 9.50. The van der Waals surface area contributed by atoms with Crippen LogP contribution in [0.4, 0.5) is 0 Å². The summed E-state index contributed by atoms with van der Waals surface area (Å²) in [5, 5.41) is 4.13. The number of fused-ring (bicyclic) bond motifs is 1. The number of ether oxygens (including phenoxy) is 4. The summed E-state index contributed by atoms with van der Waals surface area (Å²) in [6.45, 7) is 11.8. The van der Waals surface area contributed by atoms with Gasteiger partial charge in [-0.25, -0.2) is 0 Å². The lowest BCUT2D eigenvalue weighted by molar-refractivity contribution is -0.343. The van der Waals surface area contributed by atoms with E-state index in [1.54, 1.807) is 0 Å². The molecule has 42 heavy (non-hydrogen) atoms. The summed E-state index contributed by atoms with van der Waals surface area (Å²) in [5.41, 5.74) is 10.3. The van der Waals surface area contributed by atoms with Gasteiger partial charge >= 0.3 is 0 Å². The third-order valence-corrected chi connectivity index (χ3v) is 9.50. The van der Waals surface area contributed by atoms with E-state index in [9.17, 15) is 5.53 Å². The molecule has 0 aliphatic carbocycles. The van der Waals surface area contributed by atoms with E-state index >= 15 is 0 Å². The largest absolute Gasteiger partial charge is 0.352 e. The van der Waals surface area contributed by atoms with Gasteiger partial charge in [0, 0.05) is 16.4 Å². The zero-order chi connectivity index (χ0) is 30.2. The minimum absolute atomic E-state index is 0.0620. The van der Waals surface area contributed by atoms with Crippen molar-refractivity contribution >= 4 is 0 Å². The quantitative estimate of drug-likeness (QED) is 0.0533. The molecule has 2 heterocycles. The molecule has 0 saturated carbocycles. The zero-order valence-corrected chi connectivity index (χ0v) is 26.9. The Kier molecular flexibility index (Phi) is 16.0. The van der Waals surface area contributed by atoms with Gasteiger partial charge < -0.3 is 18.9 Å². The van der Waals surface area contributed by atoms with Crippen molar-refractivity contribution in [2.75, 3.05) is 13.2 Å². The van der Waals surface area contributed by atoms with E-state index < -0.39 is 6.29 Å². The molecule has 0 amide bonds. The van der Waals surface area contributed by atoms with Crippen LogP contribution < -0.4 is 0 Å². The maximum absolute atomic E-state index is 9.28. The molecule has 0 radical (unpaired) electrons. The van der Waals surface area contributed by atoms with Gasteiger partial charge in [0.1, 0.15) is 6.10 Å². The van der Waals surface area contributed by atoms with Crippen LogP contribution in [0.1, 0.15) is 117 Å². The first-order chi connectivity index (χ1) is 20.5. The molecule has 9 atom stereocenters. The predicted octanol–water partition coefficient (Wildman–Crippen LogP) is 9.93. The summed E-state index contributed by atoms with van der Waals surface area (Å²) in [6, 6.07) is 9.80. The molecule has 7 nitrogen and oxygen atoms in total. The van der Waals surface area contributed by atoms with Gasteiger partial charge in [-0.2, -0.15) is 0 Å². The predicted molar refractivity (Wildman–Crippen MR) is 170 cm³/mol. The lowest BCUT2D eigenvalue weighted by atomic mass is 9.84. The van der Waals surface area contributed by atoms with Gasteiger partial charge in [0.15, 0.2) is 12.6 Å². The summed E-state index contributed by atoms with van der Waals surface area (Å²) in [6.07, 6.45) is 18.0. The Bertz CT molecular complexity index is 935. The zero-order valence-electron chi connectivity index (χ0n) is 26.9. The molecule has 0 N–H and O–H groups in total. The van der Waals surface area contributed by atoms with Crippen molar-refractivity contribution in [1.29, 1.82) is 0 Å². The van der Waals surface area contributed by atoms with E-state index in [4.69, 9.17) is 18.9 Å². The van der Waals surface area contributed by atoms with Crippen molar-refractivity contribution in [3.63, 3.8) is 0 Å². The molecular weight excluding hydrogens is 526 g/mol. The number of benzene rings is 1. The third kappa shape index (κ3) is 11.0. The lowest BCUT2D eigenvalue weighted by Gasteiger charge is -2.48. The van der Waals surface area contributed by atoms with E-state index in [0.29, 0.717) is 19.1 Å². The minimum atomic E-state index is -0.392. The van der Waals surface area contributed by atoms with E-state index in [0.717, 1.165) is 18.4 Å². The Morgan fingerprint density at radius 2 is 1.64 bits per heavy atom. The number of azide groups is 1. The highest BCUT2D eigenvalue weighted by Gasteiger charge is 2.46. The van der Waals surface area contributed by atoms with Gasteiger partial charge in [-0.3, -0.25) is 0 Å². The van der Waals surface area contributed by atoms with Crippen molar-refractivity contribution in [3.05, 3.63) is 58.5 Å². The average Bonchev–Trinajstić information content (AvgIpc) is 3.01. The first-order valence-corrected chi connectivity index (χ1v) is 16.7. The highest BCUT2D eigenvalue weighted by Crippen LogP contribution is 2.39. The molecule has 2 fully saturated rings. The molecule has 1 aromatic rings. The average molecular weight is 584 g/mol. The summed E-state index contributed by atoms with van der Waals surface area (Å²) < 4.78 is 25.0. The van der Waals surface area contributed by atoms with Gasteiger partial charge in [-0.15, -0.1) is 0 Å². The maximum atomic E-state index is 9.28. The fourth-order valence-corrected chi connectivity index (χ4v) is 6.09. The number of allylic oxidation sites excluding steroid dienone is 2. The van der Waals surface area contributed by atoms with Crippen LogP contribution in [-0.4, -0.2) is 37.8 Å². The molecule has 236 valence electrons. The minimum Gasteiger partial charge on any atom is -0.352 e. The van der Waals surface area contributed by atoms with Crippen LogP contribution in [-0.2, 0) is 18.9 Å².